The Morgan fingerprint density at radius 3 is 2.72 bits per heavy atom. The second-order valence-electron chi connectivity index (χ2n) is 3.84. The lowest BCUT2D eigenvalue weighted by molar-refractivity contribution is 0.549. The van der Waals surface area contributed by atoms with Gasteiger partial charge in [0.15, 0.2) is 0 Å². The zero-order valence-corrected chi connectivity index (χ0v) is 13.3. The van der Waals surface area contributed by atoms with Crippen LogP contribution in [-0.2, 0) is 6.42 Å². The molecule has 2 aromatic rings. The predicted molar refractivity (Wildman–Crippen MR) is 79.9 cm³/mol. The smallest absolute Gasteiger partial charge is 0.123 e. The number of hydrogen-bond donors (Lipinski definition) is 2. The molecule has 18 heavy (non-hydrogen) atoms. The number of rotatable bonds is 4. The molecule has 1 unspecified atom stereocenters. The van der Waals surface area contributed by atoms with Gasteiger partial charge in [0, 0.05) is 4.47 Å². The molecule has 1 heterocycles. The number of hydrazine groups is 1. The van der Waals surface area contributed by atoms with Gasteiger partial charge in [-0.15, -0.1) is 11.3 Å². The molecule has 1 atom stereocenters. The minimum atomic E-state index is -0.240. The standard InChI is InChI=1S/C12H11Br2FN2S/c13-10-2-1-9(15)3-7(10)4-11(17-16)8-5-12(14)18-6-8/h1-3,5-6,11,17H,4,16H2. The fraction of sp³-hybridized carbons (Fsp3) is 0.167. The van der Waals surface area contributed by atoms with E-state index in [9.17, 15) is 4.39 Å². The molecule has 1 aromatic carbocycles. The summed E-state index contributed by atoms with van der Waals surface area (Å²) in [4.78, 5) is 0. The quantitative estimate of drug-likeness (QED) is 0.604. The second-order valence-corrected chi connectivity index (χ2v) is 6.99. The van der Waals surface area contributed by atoms with Gasteiger partial charge in [-0.05, 0) is 63.1 Å². The van der Waals surface area contributed by atoms with E-state index in [1.165, 1.54) is 12.1 Å². The molecule has 0 radical (unpaired) electrons. The van der Waals surface area contributed by atoms with Crippen LogP contribution < -0.4 is 11.3 Å². The summed E-state index contributed by atoms with van der Waals surface area (Å²) < 4.78 is 15.2. The van der Waals surface area contributed by atoms with Crippen LogP contribution in [0, 0.1) is 5.82 Å². The Hall–Kier alpha value is -0.270. The fourth-order valence-electron chi connectivity index (χ4n) is 1.70. The van der Waals surface area contributed by atoms with Gasteiger partial charge in [-0.2, -0.15) is 0 Å². The third kappa shape index (κ3) is 3.39. The van der Waals surface area contributed by atoms with Crippen LogP contribution in [0.2, 0.25) is 0 Å². The first-order valence-corrected chi connectivity index (χ1v) is 7.70. The summed E-state index contributed by atoms with van der Waals surface area (Å²) in [7, 11) is 0. The number of halogens is 3. The van der Waals surface area contributed by atoms with E-state index in [0.29, 0.717) is 6.42 Å². The van der Waals surface area contributed by atoms with Crippen LogP contribution in [0.5, 0.6) is 0 Å². The van der Waals surface area contributed by atoms with Crippen molar-refractivity contribution in [3.8, 4) is 0 Å². The summed E-state index contributed by atoms with van der Waals surface area (Å²) in [6, 6.07) is 6.64. The molecule has 2 rings (SSSR count). The van der Waals surface area contributed by atoms with E-state index in [4.69, 9.17) is 5.84 Å². The monoisotopic (exact) mass is 392 g/mol. The van der Waals surface area contributed by atoms with Crippen molar-refractivity contribution in [2.75, 3.05) is 0 Å². The summed E-state index contributed by atoms with van der Waals surface area (Å²) in [5.41, 5.74) is 4.75. The van der Waals surface area contributed by atoms with Gasteiger partial charge in [-0.25, -0.2) is 4.39 Å². The first-order chi connectivity index (χ1) is 8.60. The average molecular weight is 394 g/mol. The summed E-state index contributed by atoms with van der Waals surface area (Å²) in [6.45, 7) is 0. The Balaban J connectivity index is 2.22. The number of benzene rings is 1. The van der Waals surface area contributed by atoms with E-state index in [1.54, 1.807) is 17.4 Å². The lowest BCUT2D eigenvalue weighted by Crippen LogP contribution is -2.29. The highest BCUT2D eigenvalue weighted by atomic mass is 79.9. The van der Waals surface area contributed by atoms with Gasteiger partial charge in [0.25, 0.3) is 0 Å². The van der Waals surface area contributed by atoms with E-state index in [-0.39, 0.29) is 11.9 Å². The van der Waals surface area contributed by atoms with Gasteiger partial charge in [-0.1, -0.05) is 15.9 Å². The van der Waals surface area contributed by atoms with Crippen molar-refractivity contribution in [2.24, 2.45) is 5.84 Å². The van der Waals surface area contributed by atoms with Crippen LogP contribution in [0.4, 0.5) is 4.39 Å². The molecule has 0 fully saturated rings. The molecule has 3 N–H and O–H groups in total. The molecule has 0 aliphatic heterocycles. The SMILES string of the molecule is NNC(Cc1cc(F)ccc1Br)c1csc(Br)c1. The molecule has 6 heteroatoms. The summed E-state index contributed by atoms with van der Waals surface area (Å²) >= 11 is 8.45. The van der Waals surface area contributed by atoms with Crippen LogP contribution >= 0.6 is 43.2 Å². The Morgan fingerprint density at radius 2 is 2.11 bits per heavy atom. The topological polar surface area (TPSA) is 38.0 Å². The van der Waals surface area contributed by atoms with Crippen molar-refractivity contribution in [3.05, 3.63) is 54.8 Å². The van der Waals surface area contributed by atoms with Gasteiger partial charge in [0.1, 0.15) is 5.82 Å². The second kappa shape index (κ2) is 6.25. The van der Waals surface area contributed by atoms with Crippen molar-refractivity contribution < 1.29 is 4.39 Å². The van der Waals surface area contributed by atoms with Crippen molar-refractivity contribution in [1.29, 1.82) is 0 Å². The zero-order chi connectivity index (χ0) is 13.1. The highest BCUT2D eigenvalue weighted by molar-refractivity contribution is 9.11. The van der Waals surface area contributed by atoms with Crippen molar-refractivity contribution in [3.63, 3.8) is 0 Å². The van der Waals surface area contributed by atoms with Crippen molar-refractivity contribution in [1.82, 2.24) is 5.43 Å². The van der Waals surface area contributed by atoms with Crippen molar-refractivity contribution >= 4 is 43.2 Å². The van der Waals surface area contributed by atoms with Gasteiger partial charge >= 0.3 is 0 Å². The Morgan fingerprint density at radius 1 is 1.33 bits per heavy atom. The molecular formula is C12H11Br2FN2S. The maximum absolute atomic E-state index is 13.2. The van der Waals surface area contributed by atoms with Crippen LogP contribution in [-0.4, -0.2) is 0 Å². The summed E-state index contributed by atoms with van der Waals surface area (Å²) in [6.07, 6.45) is 0.623. The first-order valence-electron chi connectivity index (χ1n) is 5.24. The molecule has 0 bridgehead atoms. The molecule has 0 saturated heterocycles. The van der Waals surface area contributed by atoms with Gasteiger partial charge in [0.2, 0.25) is 0 Å². The molecule has 1 aromatic heterocycles. The molecule has 0 saturated carbocycles. The average Bonchev–Trinajstić information content (AvgIpc) is 2.77. The minimum Gasteiger partial charge on any atom is -0.271 e. The van der Waals surface area contributed by atoms with E-state index in [2.05, 4.69) is 37.3 Å². The number of nitrogens with two attached hydrogens (primary N) is 1. The molecule has 2 nitrogen and oxygen atoms in total. The van der Waals surface area contributed by atoms with Crippen LogP contribution in [0.3, 0.4) is 0 Å². The van der Waals surface area contributed by atoms with E-state index in [1.807, 2.05) is 11.4 Å². The minimum absolute atomic E-state index is 0.0364. The Bertz CT molecular complexity index is 545. The molecule has 0 spiro atoms. The third-order valence-corrected chi connectivity index (χ3v) is 4.92. The van der Waals surface area contributed by atoms with Crippen molar-refractivity contribution in [2.45, 2.75) is 12.5 Å². The van der Waals surface area contributed by atoms with Crippen LogP contribution in [0.15, 0.2) is 37.9 Å². The zero-order valence-electron chi connectivity index (χ0n) is 9.29. The molecule has 0 aliphatic rings. The third-order valence-electron chi connectivity index (χ3n) is 2.62. The van der Waals surface area contributed by atoms with Gasteiger partial charge < -0.3 is 0 Å². The van der Waals surface area contributed by atoms with Gasteiger partial charge in [-0.3, -0.25) is 11.3 Å². The predicted octanol–water partition coefficient (Wildman–Crippen LogP) is 4.16. The maximum Gasteiger partial charge on any atom is 0.123 e. The van der Waals surface area contributed by atoms with Gasteiger partial charge in [0.05, 0.1) is 9.83 Å². The number of thiophene rings is 1. The highest BCUT2D eigenvalue weighted by Gasteiger charge is 2.14. The molecular weight excluding hydrogens is 383 g/mol. The number of hydrogen-bond acceptors (Lipinski definition) is 3. The first kappa shape index (κ1) is 14.1. The number of nitrogens with one attached hydrogen (secondary N) is 1. The summed E-state index contributed by atoms with van der Waals surface area (Å²) in [5, 5.41) is 2.03. The normalized spacial score (nSPS) is 12.7. The maximum atomic E-state index is 13.2. The van der Waals surface area contributed by atoms with Crippen LogP contribution in [0.1, 0.15) is 17.2 Å². The van der Waals surface area contributed by atoms with Crippen LogP contribution in [0.25, 0.3) is 0 Å². The molecule has 0 aliphatic carbocycles. The highest BCUT2D eigenvalue weighted by Crippen LogP contribution is 2.29. The van der Waals surface area contributed by atoms with E-state index in [0.717, 1.165) is 19.4 Å². The largest absolute Gasteiger partial charge is 0.271 e. The fourth-order valence-corrected chi connectivity index (χ4v) is 3.34. The summed E-state index contributed by atoms with van der Waals surface area (Å²) in [5.74, 6) is 5.34. The lowest BCUT2D eigenvalue weighted by Gasteiger charge is -2.15. The van der Waals surface area contributed by atoms with E-state index >= 15 is 0 Å². The molecule has 0 amide bonds. The van der Waals surface area contributed by atoms with E-state index < -0.39 is 0 Å². The Labute approximate surface area is 126 Å². The molecule has 96 valence electrons. The lowest BCUT2D eigenvalue weighted by atomic mass is 10.0. The Kier molecular flexibility index (Phi) is 4.91.